The third-order valence-electron chi connectivity index (χ3n) is 3.63. The number of thiocarbonyl (C=S) groups is 1. The summed E-state index contributed by atoms with van der Waals surface area (Å²) in [6, 6.07) is 8.66. The van der Waals surface area contributed by atoms with Crippen LogP contribution in [0.1, 0.15) is 42.9 Å². The lowest BCUT2D eigenvalue weighted by atomic mass is 10.0. The largest absolute Gasteiger partial charge is 0.392 e. The topological polar surface area (TPSA) is 29.3 Å². The molecule has 0 amide bonds. The number of nitrogens with zero attached hydrogens (tertiary/aromatic N) is 1. The van der Waals surface area contributed by atoms with Gasteiger partial charge in [-0.2, -0.15) is 0 Å². The van der Waals surface area contributed by atoms with Gasteiger partial charge in [0.2, 0.25) is 0 Å². The fourth-order valence-corrected chi connectivity index (χ4v) is 3.03. The van der Waals surface area contributed by atoms with Crippen LogP contribution in [0.4, 0.5) is 0 Å². The minimum atomic E-state index is 0.109. The Kier molecular flexibility index (Phi) is 4.72. The molecule has 1 saturated heterocycles. The molecule has 1 fully saturated rings. The fraction of sp³-hybridized carbons (Fsp3) is 0.533. The zero-order valence-corrected chi connectivity index (χ0v) is 11.9. The standard InChI is InChI=1S/C15H22N2S/c1-12-7-6-8-13(11-12)14(15(16)18)17-9-4-2-3-5-10-17/h6-8,11,14H,2-5,9-10H2,1H3,(H2,16,18). The lowest BCUT2D eigenvalue weighted by Gasteiger charge is -2.30. The van der Waals surface area contributed by atoms with Gasteiger partial charge in [0, 0.05) is 0 Å². The quantitative estimate of drug-likeness (QED) is 0.848. The molecule has 18 heavy (non-hydrogen) atoms. The molecule has 2 N–H and O–H groups in total. The van der Waals surface area contributed by atoms with Crippen molar-refractivity contribution < 1.29 is 0 Å². The van der Waals surface area contributed by atoms with Crippen LogP contribution in [0.25, 0.3) is 0 Å². The van der Waals surface area contributed by atoms with Gasteiger partial charge in [0.1, 0.15) is 0 Å². The second-order valence-corrected chi connectivity index (χ2v) is 5.64. The SMILES string of the molecule is Cc1cccc(C(C(N)=S)N2CCCCCC2)c1. The number of likely N-dealkylation sites (tertiary alicyclic amines) is 1. The lowest BCUT2D eigenvalue weighted by molar-refractivity contribution is 0.254. The Balaban J connectivity index is 2.24. The van der Waals surface area contributed by atoms with Gasteiger partial charge in [0.05, 0.1) is 11.0 Å². The second kappa shape index (κ2) is 6.30. The summed E-state index contributed by atoms with van der Waals surface area (Å²) in [4.78, 5) is 3.05. The lowest BCUT2D eigenvalue weighted by Crippen LogP contribution is -2.37. The molecule has 0 aromatic heterocycles. The fourth-order valence-electron chi connectivity index (χ4n) is 2.75. The van der Waals surface area contributed by atoms with Crippen LogP contribution in [0.3, 0.4) is 0 Å². The Morgan fingerprint density at radius 1 is 1.22 bits per heavy atom. The van der Waals surface area contributed by atoms with Crippen LogP contribution < -0.4 is 5.73 Å². The molecule has 1 heterocycles. The molecule has 1 aromatic rings. The van der Waals surface area contributed by atoms with Gasteiger partial charge in [0.25, 0.3) is 0 Å². The molecule has 0 spiro atoms. The van der Waals surface area contributed by atoms with E-state index < -0.39 is 0 Å². The molecule has 0 bridgehead atoms. The molecule has 1 unspecified atom stereocenters. The molecule has 1 aromatic carbocycles. The second-order valence-electron chi connectivity index (χ2n) is 5.17. The van der Waals surface area contributed by atoms with Gasteiger partial charge in [0.15, 0.2) is 0 Å². The molecule has 1 aliphatic heterocycles. The van der Waals surface area contributed by atoms with E-state index in [2.05, 4.69) is 36.1 Å². The van der Waals surface area contributed by atoms with E-state index in [1.807, 2.05) is 0 Å². The maximum absolute atomic E-state index is 5.99. The molecule has 2 nitrogen and oxygen atoms in total. The summed E-state index contributed by atoms with van der Waals surface area (Å²) in [6.07, 6.45) is 5.17. The predicted octanol–water partition coefficient (Wildman–Crippen LogP) is 3.20. The number of nitrogens with two attached hydrogens (primary N) is 1. The Labute approximate surface area is 115 Å². The first-order chi connectivity index (χ1) is 8.68. The van der Waals surface area contributed by atoms with Gasteiger partial charge in [-0.25, -0.2) is 0 Å². The number of hydrogen-bond acceptors (Lipinski definition) is 2. The van der Waals surface area contributed by atoms with E-state index in [1.165, 1.54) is 36.8 Å². The third kappa shape index (κ3) is 3.30. The normalized spacial score (nSPS) is 19.2. The highest BCUT2D eigenvalue weighted by Gasteiger charge is 2.23. The van der Waals surface area contributed by atoms with Crippen LogP contribution >= 0.6 is 12.2 Å². The zero-order chi connectivity index (χ0) is 13.0. The van der Waals surface area contributed by atoms with Crippen LogP contribution in [0.15, 0.2) is 24.3 Å². The molecule has 2 rings (SSSR count). The van der Waals surface area contributed by atoms with Crippen LogP contribution in [-0.4, -0.2) is 23.0 Å². The first-order valence-corrected chi connectivity index (χ1v) is 7.19. The molecule has 0 aliphatic carbocycles. The van der Waals surface area contributed by atoms with Gasteiger partial charge < -0.3 is 5.73 Å². The van der Waals surface area contributed by atoms with Crippen molar-refractivity contribution in [2.75, 3.05) is 13.1 Å². The van der Waals surface area contributed by atoms with Crippen LogP contribution in [0, 0.1) is 6.92 Å². The summed E-state index contributed by atoms with van der Waals surface area (Å²) in [7, 11) is 0. The minimum absolute atomic E-state index is 0.109. The van der Waals surface area contributed by atoms with E-state index in [0.717, 1.165) is 13.1 Å². The highest BCUT2D eigenvalue weighted by molar-refractivity contribution is 7.80. The third-order valence-corrected chi connectivity index (χ3v) is 3.86. The van der Waals surface area contributed by atoms with E-state index >= 15 is 0 Å². The van der Waals surface area contributed by atoms with E-state index in [9.17, 15) is 0 Å². The van der Waals surface area contributed by atoms with Crippen molar-refractivity contribution in [2.24, 2.45) is 5.73 Å². The molecule has 0 radical (unpaired) electrons. The van der Waals surface area contributed by atoms with Crippen molar-refractivity contribution in [2.45, 2.75) is 38.6 Å². The van der Waals surface area contributed by atoms with Gasteiger partial charge in [-0.1, -0.05) is 54.9 Å². The van der Waals surface area contributed by atoms with Crippen LogP contribution in [0.2, 0.25) is 0 Å². The number of benzene rings is 1. The summed E-state index contributed by atoms with van der Waals surface area (Å²) in [5.41, 5.74) is 8.50. The monoisotopic (exact) mass is 262 g/mol. The summed E-state index contributed by atoms with van der Waals surface area (Å²) in [5.74, 6) is 0. The van der Waals surface area contributed by atoms with Gasteiger partial charge in [-0.15, -0.1) is 0 Å². The first kappa shape index (κ1) is 13.5. The molecule has 0 saturated carbocycles. The number of hydrogen-bond donors (Lipinski definition) is 1. The van der Waals surface area contributed by atoms with Crippen molar-refractivity contribution in [3.05, 3.63) is 35.4 Å². The summed E-state index contributed by atoms with van der Waals surface area (Å²) >= 11 is 5.30. The molecular formula is C15H22N2S. The van der Waals surface area contributed by atoms with E-state index in [-0.39, 0.29) is 6.04 Å². The van der Waals surface area contributed by atoms with Crippen molar-refractivity contribution in [3.63, 3.8) is 0 Å². The Morgan fingerprint density at radius 3 is 2.44 bits per heavy atom. The zero-order valence-electron chi connectivity index (χ0n) is 11.1. The van der Waals surface area contributed by atoms with Gasteiger partial charge in [-0.05, 0) is 38.4 Å². The average molecular weight is 262 g/mol. The van der Waals surface area contributed by atoms with Crippen molar-refractivity contribution in [1.29, 1.82) is 0 Å². The van der Waals surface area contributed by atoms with Gasteiger partial charge >= 0.3 is 0 Å². The Bertz CT molecular complexity index is 409. The Morgan fingerprint density at radius 2 is 1.89 bits per heavy atom. The van der Waals surface area contributed by atoms with Crippen LogP contribution in [-0.2, 0) is 0 Å². The summed E-state index contributed by atoms with van der Waals surface area (Å²) < 4.78 is 0. The van der Waals surface area contributed by atoms with Crippen molar-refractivity contribution in [1.82, 2.24) is 4.90 Å². The van der Waals surface area contributed by atoms with E-state index in [0.29, 0.717) is 4.99 Å². The maximum atomic E-state index is 5.99. The van der Waals surface area contributed by atoms with Gasteiger partial charge in [-0.3, -0.25) is 4.90 Å². The van der Waals surface area contributed by atoms with E-state index in [1.54, 1.807) is 0 Å². The molecule has 3 heteroatoms. The predicted molar refractivity (Wildman–Crippen MR) is 80.7 cm³/mol. The number of aryl methyl sites for hydroxylation is 1. The highest BCUT2D eigenvalue weighted by atomic mass is 32.1. The molecule has 98 valence electrons. The Hall–Kier alpha value is -0.930. The van der Waals surface area contributed by atoms with Crippen LogP contribution in [0.5, 0.6) is 0 Å². The molecule has 1 aliphatic rings. The smallest absolute Gasteiger partial charge is 0.0948 e. The summed E-state index contributed by atoms with van der Waals surface area (Å²) in [6.45, 7) is 4.33. The number of rotatable bonds is 3. The molecular weight excluding hydrogens is 240 g/mol. The maximum Gasteiger partial charge on any atom is 0.0948 e. The van der Waals surface area contributed by atoms with Crippen molar-refractivity contribution >= 4 is 17.2 Å². The summed E-state index contributed by atoms with van der Waals surface area (Å²) in [5, 5.41) is 0. The van der Waals surface area contributed by atoms with E-state index in [4.69, 9.17) is 18.0 Å². The first-order valence-electron chi connectivity index (χ1n) is 6.78. The average Bonchev–Trinajstić information content (AvgIpc) is 2.58. The van der Waals surface area contributed by atoms with Crippen molar-refractivity contribution in [3.8, 4) is 0 Å². The minimum Gasteiger partial charge on any atom is -0.392 e. The highest BCUT2D eigenvalue weighted by Crippen LogP contribution is 2.25. The molecule has 1 atom stereocenters.